The van der Waals surface area contributed by atoms with Gasteiger partial charge < -0.3 is 15.0 Å². The van der Waals surface area contributed by atoms with E-state index >= 15 is 0 Å². The second-order valence-corrected chi connectivity index (χ2v) is 8.39. The summed E-state index contributed by atoms with van der Waals surface area (Å²) in [5.41, 5.74) is 4.31. The highest BCUT2D eigenvalue weighted by molar-refractivity contribution is 5.88. The third-order valence-corrected chi connectivity index (χ3v) is 5.79. The van der Waals surface area contributed by atoms with E-state index in [9.17, 15) is 9.59 Å². The summed E-state index contributed by atoms with van der Waals surface area (Å²) in [6, 6.07) is 24.9. The van der Waals surface area contributed by atoms with Gasteiger partial charge in [0.15, 0.2) is 6.61 Å². The summed E-state index contributed by atoms with van der Waals surface area (Å²) in [4.78, 5) is 28.3. The Morgan fingerprint density at radius 1 is 0.853 bits per heavy atom. The number of benzene rings is 3. The second kappa shape index (κ2) is 12.6. The molecule has 0 radical (unpaired) electrons. The standard InChI is InChI=1S/C29H34N2O3/c1-4-23-15-17-26(18-16-23)34-21-28(32)31(20-25-13-11-22(3)12-14-25)27(29(33)30-5-2)19-24-9-7-6-8-10-24/h6-18,27H,4-5,19-21H2,1-3H3,(H,30,33)/t27-/m0/s1. The fourth-order valence-electron chi connectivity index (χ4n) is 3.79. The molecule has 34 heavy (non-hydrogen) atoms. The van der Waals surface area contributed by atoms with Crippen LogP contribution in [0.2, 0.25) is 0 Å². The summed E-state index contributed by atoms with van der Waals surface area (Å²) in [6.45, 7) is 6.69. The molecule has 0 heterocycles. The lowest BCUT2D eigenvalue weighted by Gasteiger charge is -2.31. The van der Waals surface area contributed by atoms with E-state index in [-0.39, 0.29) is 18.4 Å². The first-order valence-corrected chi connectivity index (χ1v) is 11.9. The SMILES string of the molecule is CCNC(=O)[C@H](Cc1ccccc1)N(Cc1ccc(C)cc1)C(=O)COc1ccc(CC)cc1. The molecule has 0 aliphatic heterocycles. The molecule has 3 aromatic rings. The molecule has 2 amide bonds. The minimum absolute atomic E-state index is 0.137. The first-order valence-electron chi connectivity index (χ1n) is 11.9. The predicted octanol–water partition coefficient (Wildman–Crippen LogP) is 4.71. The first kappa shape index (κ1) is 25.0. The molecule has 1 N–H and O–H groups in total. The van der Waals surface area contributed by atoms with Gasteiger partial charge in [0.2, 0.25) is 5.91 Å². The molecule has 0 aliphatic carbocycles. The van der Waals surface area contributed by atoms with E-state index in [0.29, 0.717) is 25.3 Å². The van der Waals surface area contributed by atoms with Crippen LogP contribution in [0, 0.1) is 6.92 Å². The van der Waals surface area contributed by atoms with Gasteiger partial charge in [-0.1, -0.05) is 79.2 Å². The van der Waals surface area contributed by atoms with Gasteiger partial charge in [-0.05, 0) is 49.1 Å². The van der Waals surface area contributed by atoms with Crippen LogP contribution in [0.5, 0.6) is 5.75 Å². The maximum atomic E-state index is 13.5. The number of nitrogens with one attached hydrogen (secondary N) is 1. The number of amides is 2. The smallest absolute Gasteiger partial charge is 0.261 e. The zero-order chi connectivity index (χ0) is 24.3. The van der Waals surface area contributed by atoms with Crippen molar-refractivity contribution in [2.45, 2.75) is 46.2 Å². The molecule has 0 spiro atoms. The van der Waals surface area contributed by atoms with Crippen molar-refractivity contribution in [1.29, 1.82) is 0 Å². The van der Waals surface area contributed by atoms with Crippen LogP contribution in [0.1, 0.15) is 36.1 Å². The predicted molar refractivity (Wildman–Crippen MR) is 136 cm³/mol. The fourth-order valence-corrected chi connectivity index (χ4v) is 3.79. The Labute approximate surface area is 202 Å². The zero-order valence-electron chi connectivity index (χ0n) is 20.3. The number of carbonyl (C=O) groups excluding carboxylic acids is 2. The second-order valence-electron chi connectivity index (χ2n) is 8.39. The number of likely N-dealkylation sites (N-methyl/N-ethyl adjacent to an activating group) is 1. The Morgan fingerprint density at radius 2 is 1.50 bits per heavy atom. The molecule has 5 heteroatoms. The Hall–Kier alpha value is -3.60. The fraction of sp³-hybridized carbons (Fsp3) is 0.310. The number of hydrogen-bond acceptors (Lipinski definition) is 3. The topological polar surface area (TPSA) is 58.6 Å². The van der Waals surface area contributed by atoms with E-state index in [0.717, 1.165) is 23.1 Å². The quantitative estimate of drug-likeness (QED) is 0.453. The summed E-state index contributed by atoms with van der Waals surface area (Å²) in [6.07, 6.45) is 1.37. The zero-order valence-corrected chi connectivity index (χ0v) is 20.3. The number of nitrogens with zero attached hydrogens (tertiary/aromatic N) is 1. The molecule has 3 rings (SSSR count). The molecule has 0 unspecified atom stereocenters. The molecule has 0 saturated carbocycles. The number of carbonyl (C=O) groups is 2. The van der Waals surface area contributed by atoms with Gasteiger partial charge in [0.1, 0.15) is 11.8 Å². The molecule has 3 aromatic carbocycles. The van der Waals surface area contributed by atoms with Gasteiger partial charge in [-0.25, -0.2) is 0 Å². The first-order chi connectivity index (χ1) is 16.5. The lowest BCUT2D eigenvalue weighted by atomic mass is 10.0. The Balaban J connectivity index is 1.85. The highest BCUT2D eigenvalue weighted by Crippen LogP contribution is 2.17. The van der Waals surface area contributed by atoms with Crippen molar-refractivity contribution in [3.63, 3.8) is 0 Å². The highest BCUT2D eigenvalue weighted by atomic mass is 16.5. The maximum absolute atomic E-state index is 13.5. The van der Waals surface area contributed by atoms with Crippen molar-refractivity contribution in [3.8, 4) is 5.75 Å². The molecule has 0 saturated heterocycles. The number of aryl methyl sites for hydroxylation is 2. The highest BCUT2D eigenvalue weighted by Gasteiger charge is 2.30. The van der Waals surface area contributed by atoms with Crippen LogP contribution in [-0.2, 0) is 29.0 Å². The van der Waals surface area contributed by atoms with E-state index in [1.807, 2.05) is 92.7 Å². The third kappa shape index (κ3) is 7.20. The largest absolute Gasteiger partial charge is 0.484 e. The molecule has 0 aliphatic rings. The van der Waals surface area contributed by atoms with Gasteiger partial charge >= 0.3 is 0 Å². The van der Waals surface area contributed by atoms with E-state index < -0.39 is 6.04 Å². The van der Waals surface area contributed by atoms with Crippen LogP contribution < -0.4 is 10.1 Å². The third-order valence-electron chi connectivity index (χ3n) is 5.79. The molecular formula is C29H34N2O3. The molecule has 0 fully saturated rings. The van der Waals surface area contributed by atoms with Crippen molar-refractivity contribution in [1.82, 2.24) is 10.2 Å². The van der Waals surface area contributed by atoms with E-state index in [1.165, 1.54) is 5.56 Å². The van der Waals surface area contributed by atoms with Crippen molar-refractivity contribution in [2.75, 3.05) is 13.2 Å². The van der Waals surface area contributed by atoms with Gasteiger partial charge in [0.05, 0.1) is 0 Å². The minimum Gasteiger partial charge on any atom is -0.484 e. The lowest BCUT2D eigenvalue weighted by molar-refractivity contribution is -0.142. The lowest BCUT2D eigenvalue weighted by Crippen LogP contribution is -2.51. The molecular weight excluding hydrogens is 424 g/mol. The van der Waals surface area contributed by atoms with Crippen LogP contribution in [0.3, 0.4) is 0 Å². The summed E-state index contributed by atoms with van der Waals surface area (Å²) in [7, 11) is 0. The van der Waals surface area contributed by atoms with Gasteiger partial charge in [-0.15, -0.1) is 0 Å². The van der Waals surface area contributed by atoms with Crippen molar-refractivity contribution in [2.24, 2.45) is 0 Å². The van der Waals surface area contributed by atoms with Crippen LogP contribution in [-0.4, -0.2) is 35.9 Å². The van der Waals surface area contributed by atoms with Crippen LogP contribution in [0.4, 0.5) is 0 Å². The van der Waals surface area contributed by atoms with Gasteiger partial charge in [0.25, 0.3) is 5.91 Å². The molecule has 1 atom stereocenters. The number of rotatable bonds is 11. The molecule has 5 nitrogen and oxygen atoms in total. The van der Waals surface area contributed by atoms with Crippen LogP contribution in [0.15, 0.2) is 78.9 Å². The minimum atomic E-state index is -0.651. The Morgan fingerprint density at radius 3 is 2.12 bits per heavy atom. The summed E-state index contributed by atoms with van der Waals surface area (Å²) >= 11 is 0. The van der Waals surface area contributed by atoms with Gasteiger partial charge in [0, 0.05) is 19.5 Å². The average Bonchev–Trinajstić information content (AvgIpc) is 2.87. The van der Waals surface area contributed by atoms with E-state index in [4.69, 9.17) is 4.74 Å². The normalized spacial score (nSPS) is 11.5. The van der Waals surface area contributed by atoms with E-state index in [2.05, 4.69) is 12.2 Å². The molecule has 178 valence electrons. The van der Waals surface area contributed by atoms with Gasteiger partial charge in [-0.2, -0.15) is 0 Å². The molecule has 0 aromatic heterocycles. The monoisotopic (exact) mass is 458 g/mol. The van der Waals surface area contributed by atoms with Crippen molar-refractivity contribution in [3.05, 3.63) is 101 Å². The Bertz CT molecular complexity index is 1050. The average molecular weight is 459 g/mol. The van der Waals surface area contributed by atoms with E-state index in [1.54, 1.807) is 4.90 Å². The van der Waals surface area contributed by atoms with Gasteiger partial charge in [-0.3, -0.25) is 9.59 Å². The number of hydrogen-bond donors (Lipinski definition) is 1. The Kier molecular flexibility index (Phi) is 9.27. The van der Waals surface area contributed by atoms with Crippen LogP contribution >= 0.6 is 0 Å². The van der Waals surface area contributed by atoms with Crippen molar-refractivity contribution < 1.29 is 14.3 Å². The van der Waals surface area contributed by atoms with Crippen molar-refractivity contribution >= 4 is 11.8 Å². The molecule has 0 bridgehead atoms. The maximum Gasteiger partial charge on any atom is 0.261 e. The summed E-state index contributed by atoms with van der Waals surface area (Å²) in [5.74, 6) is 0.241. The summed E-state index contributed by atoms with van der Waals surface area (Å²) < 4.78 is 5.82. The summed E-state index contributed by atoms with van der Waals surface area (Å²) in [5, 5.41) is 2.91. The van der Waals surface area contributed by atoms with Crippen LogP contribution in [0.25, 0.3) is 0 Å². The number of ether oxygens (including phenoxy) is 1.